The summed E-state index contributed by atoms with van der Waals surface area (Å²) in [7, 11) is 0. The molecule has 31 heavy (non-hydrogen) atoms. The zero-order valence-electron chi connectivity index (χ0n) is 18.0. The first-order chi connectivity index (χ1) is 14.7. The lowest BCUT2D eigenvalue weighted by Gasteiger charge is -2.17. The first-order valence-corrected chi connectivity index (χ1v) is 9.96. The Kier molecular flexibility index (Phi) is 6.65. The highest BCUT2D eigenvalue weighted by Gasteiger charge is 2.21. The van der Waals surface area contributed by atoms with Crippen molar-refractivity contribution in [1.29, 1.82) is 0 Å². The quantitative estimate of drug-likeness (QED) is 0.619. The minimum absolute atomic E-state index is 0.0436. The van der Waals surface area contributed by atoms with Gasteiger partial charge in [-0.3, -0.25) is 9.59 Å². The summed E-state index contributed by atoms with van der Waals surface area (Å²) >= 11 is 0. The van der Waals surface area contributed by atoms with Crippen LogP contribution in [0.25, 0.3) is 0 Å². The number of hydrogen-bond acceptors (Lipinski definition) is 5. The summed E-state index contributed by atoms with van der Waals surface area (Å²) < 4.78 is 6.48. The van der Waals surface area contributed by atoms with E-state index in [1.165, 1.54) is 23.7 Å². The van der Waals surface area contributed by atoms with Crippen molar-refractivity contribution < 1.29 is 14.3 Å². The molecule has 7 nitrogen and oxygen atoms in total. The maximum absolute atomic E-state index is 12.6. The molecule has 0 saturated carbocycles. The van der Waals surface area contributed by atoms with E-state index in [-0.39, 0.29) is 17.8 Å². The number of rotatable bonds is 6. The van der Waals surface area contributed by atoms with Gasteiger partial charge in [-0.05, 0) is 50.5 Å². The zero-order valence-corrected chi connectivity index (χ0v) is 18.0. The third-order valence-electron chi connectivity index (χ3n) is 4.83. The van der Waals surface area contributed by atoms with Gasteiger partial charge < -0.3 is 10.1 Å². The number of anilines is 1. The summed E-state index contributed by atoms with van der Waals surface area (Å²) in [5, 5.41) is 6.92. The predicted molar refractivity (Wildman–Crippen MR) is 118 cm³/mol. The van der Waals surface area contributed by atoms with E-state index in [0.717, 1.165) is 22.3 Å². The molecule has 0 aliphatic carbocycles. The minimum Gasteiger partial charge on any atom is -0.448 e. The SMILES string of the molecule is Cc1cc(C)c(NC(=O)C(C)OC(=O)c2ccc(=O)n(Cc3ccccc3)n2)c(C)c1. The van der Waals surface area contributed by atoms with Gasteiger partial charge in [0.2, 0.25) is 0 Å². The lowest BCUT2D eigenvalue weighted by atomic mass is 10.0. The average molecular weight is 419 g/mol. The maximum Gasteiger partial charge on any atom is 0.359 e. The van der Waals surface area contributed by atoms with Crippen molar-refractivity contribution in [3.05, 3.63) is 92.9 Å². The van der Waals surface area contributed by atoms with Crippen LogP contribution in [0, 0.1) is 20.8 Å². The molecule has 0 spiro atoms. The lowest BCUT2D eigenvalue weighted by molar-refractivity contribution is -0.123. The normalized spacial score (nSPS) is 11.6. The van der Waals surface area contributed by atoms with Gasteiger partial charge in [-0.25, -0.2) is 9.48 Å². The number of carbonyl (C=O) groups is 2. The molecule has 0 bridgehead atoms. The number of nitrogens with one attached hydrogen (secondary N) is 1. The largest absolute Gasteiger partial charge is 0.448 e. The molecule has 0 fully saturated rings. The van der Waals surface area contributed by atoms with Crippen LogP contribution in [0.5, 0.6) is 0 Å². The number of hydrogen-bond donors (Lipinski definition) is 1. The van der Waals surface area contributed by atoms with Gasteiger partial charge in [0, 0.05) is 11.8 Å². The molecule has 1 amide bonds. The molecule has 1 unspecified atom stereocenters. The molecule has 3 aromatic rings. The number of benzene rings is 2. The van der Waals surface area contributed by atoms with Gasteiger partial charge in [0.05, 0.1) is 6.54 Å². The second kappa shape index (κ2) is 9.38. The molecule has 2 aromatic carbocycles. The molecule has 160 valence electrons. The first kappa shape index (κ1) is 22.0. The number of nitrogens with zero attached hydrogens (tertiary/aromatic N) is 2. The molecule has 1 heterocycles. The predicted octanol–water partition coefficient (Wildman–Crippen LogP) is 3.40. The van der Waals surface area contributed by atoms with Gasteiger partial charge in [0.15, 0.2) is 11.8 Å². The van der Waals surface area contributed by atoms with Crippen molar-refractivity contribution in [2.45, 2.75) is 40.3 Å². The molecule has 1 atom stereocenters. The Balaban J connectivity index is 1.70. The molecule has 0 aliphatic heterocycles. The standard InChI is InChI=1S/C24H25N3O4/c1-15-12-16(2)22(17(3)13-15)25-23(29)18(4)31-24(30)20-10-11-21(28)27(26-20)14-19-8-6-5-7-9-19/h5-13,18H,14H2,1-4H3,(H,25,29). The first-order valence-electron chi connectivity index (χ1n) is 9.96. The molecule has 0 saturated heterocycles. The van der Waals surface area contributed by atoms with Crippen LogP contribution in [0.2, 0.25) is 0 Å². The Morgan fingerprint density at radius 1 is 1.03 bits per heavy atom. The Morgan fingerprint density at radius 2 is 1.68 bits per heavy atom. The third kappa shape index (κ3) is 5.45. The van der Waals surface area contributed by atoms with Crippen molar-refractivity contribution in [3.63, 3.8) is 0 Å². The van der Waals surface area contributed by atoms with Crippen LogP contribution in [0.1, 0.15) is 39.7 Å². The van der Waals surface area contributed by atoms with Crippen LogP contribution in [-0.4, -0.2) is 27.8 Å². The van der Waals surface area contributed by atoms with E-state index in [4.69, 9.17) is 4.74 Å². The van der Waals surface area contributed by atoms with Crippen LogP contribution in [0.3, 0.4) is 0 Å². The maximum atomic E-state index is 12.6. The molecule has 1 aromatic heterocycles. The highest BCUT2D eigenvalue weighted by molar-refractivity contribution is 5.97. The number of amides is 1. The van der Waals surface area contributed by atoms with Crippen molar-refractivity contribution in [2.75, 3.05) is 5.32 Å². The topological polar surface area (TPSA) is 90.3 Å². The molecule has 0 aliphatic rings. The lowest BCUT2D eigenvalue weighted by Crippen LogP contribution is -2.32. The van der Waals surface area contributed by atoms with Gasteiger partial charge in [-0.2, -0.15) is 5.10 Å². The summed E-state index contributed by atoms with van der Waals surface area (Å²) in [4.78, 5) is 37.2. The average Bonchev–Trinajstić information content (AvgIpc) is 2.72. The molecular weight excluding hydrogens is 394 g/mol. The van der Waals surface area contributed by atoms with Crippen LogP contribution in [0.4, 0.5) is 5.69 Å². The van der Waals surface area contributed by atoms with E-state index in [0.29, 0.717) is 5.69 Å². The Bertz CT molecular complexity index is 1150. The van der Waals surface area contributed by atoms with E-state index < -0.39 is 18.0 Å². The molecule has 3 rings (SSSR count). The van der Waals surface area contributed by atoms with Gasteiger partial charge in [0.25, 0.3) is 11.5 Å². The van der Waals surface area contributed by atoms with Crippen LogP contribution in [-0.2, 0) is 16.1 Å². The van der Waals surface area contributed by atoms with Gasteiger partial charge in [-0.1, -0.05) is 48.0 Å². The summed E-state index contributed by atoms with van der Waals surface area (Å²) in [6.07, 6.45) is -1.04. The van der Waals surface area contributed by atoms with Crippen molar-refractivity contribution in [2.24, 2.45) is 0 Å². The minimum atomic E-state index is -1.04. The zero-order chi connectivity index (χ0) is 22.5. The van der Waals surface area contributed by atoms with Crippen LogP contribution in [0.15, 0.2) is 59.4 Å². The smallest absolute Gasteiger partial charge is 0.359 e. The Morgan fingerprint density at radius 3 is 2.32 bits per heavy atom. The monoisotopic (exact) mass is 419 g/mol. The second-order valence-electron chi connectivity index (χ2n) is 7.51. The number of ether oxygens (including phenoxy) is 1. The van der Waals surface area contributed by atoms with E-state index in [2.05, 4.69) is 10.4 Å². The van der Waals surface area contributed by atoms with E-state index >= 15 is 0 Å². The van der Waals surface area contributed by atoms with E-state index in [9.17, 15) is 14.4 Å². The number of carbonyl (C=O) groups excluding carboxylic acids is 2. The van der Waals surface area contributed by atoms with Crippen LogP contribution >= 0.6 is 0 Å². The summed E-state index contributed by atoms with van der Waals surface area (Å²) in [6, 6.07) is 15.8. The summed E-state index contributed by atoms with van der Waals surface area (Å²) in [6.45, 7) is 7.52. The fourth-order valence-corrected chi connectivity index (χ4v) is 3.30. The molecule has 7 heteroatoms. The summed E-state index contributed by atoms with van der Waals surface area (Å²) in [5.74, 6) is -1.22. The van der Waals surface area contributed by atoms with Crippen molar-refractivity contribution >= 4 is 17.6 Å². The van der Waals surface area contributed by atoms with Crippen molar-refractivity contribution in [1.82, 2.24) is 9.78 Å². The Labute approximate surface area is 180 Å². The third-order valence-corrected chi connectivity index (χ3v) is 4.83. The van der Waals surface area contributed by atoms with Gasteiger partial charge in [0.1, 0.15) is 0 Å². The van der Waals surface area contributed by atoms with E-state index in [1.54, 1.807) is 0 Å². The Hall–Kier alpha value is -3.74. The highest BCUT2D eigenvalue weighted by Crippen LogP contribution is 2.22. The molecule has 1 N–H and O–H groups in total. The van der Waals surface area contributed by atoms with E-state index in [1.807, 2.05) is 63.2 Å². The fraction of sp³-hybridized carbons (Fsp3) is 0.250. The van der Waals surface area contributed by atoms with Crippen LogP contribution < -0.4 is 10.9 Å². The van der Waals surface area contributed by atoms with Crippen molar-refractivity contribution in [3.8, 4) is 0 Å². The number of aromatic nitrogens is 2. The number of aryl methyl sites for hydroxylation is 3. The fourth-order valence-electron chi connectivity index (χ4n) is 3.30. The van der Waals surface area contributed by atoms with Gasteiger partial charge in [-0.15, -0.1) is 0 Å². The molecular formula is C24H25N3O4. The number of esters is 1. The summed E-state index contributed by atoms with van der Waals surface area (Å²) in [5.41, 5.74) is 4.16. The second-order valence-corrected chi connectivity index (χ2v) is 7.51. The molecule has 0 radical (unpaired) electrons. The van der Waals surface area contributed by atoms with Gasteiger partial charge >= 0.3 is 5.97 Å². The highest BCUT2D eigenvalue weighted by atomic mass is 16.5.